The molecule has 0 aromatic rings. The van der Waals surface area contributed by atoms with Gasteiger partial charge in [0.15, 0.2) is 0 Å². The monoisotopic (exact) mass is 540 g/mol. The van der Waals surface area contributed by atoms with E-state index >= 15 is 0 Å². The summed E-state index contributed by atoms with van der Waals surface area (Å²) in [7, 11) is 1.67. The molecule has 1 saturated heterocycles. The van der Waals surface area contributed by atoms with Crippen LogP contribution >= 0.6 is 0 Å². The molecule has 0 aliphatic carbocycles. The van der Waals surface area contributed by atoms with Crippen LogP contribution in [0.15, 0.2) is 0 Å². The molecular weight excluding hydrogens is 484 g/mol. The molecule has 1 aliphatic rings. The van der Waals surface area contributed by atoms with E-state index in [-0.39, 0.29) is 59.3 Å². The molecule has 1 N–H and O–H groups in total. The number of likely N-dealkylation sites (tertiary alicyclic amines) is 1. The van der Waals surface area contributed by atoms with Gasteiger partial charge in [0.25, 0.3) is 0 Å². The quantitative estimate of drug-likeness (QED) is 0.290. The summed E-state index contributed by atoms with van der Waals surface area (Å²) in [5, 5.41) is 3.12. The lowest BCUT2D eigenvalue weighted by Crippen LogP contribution is -2.53. The maximum atomic E-state index is 13.3. The zero-order chi connectivity index (χ0) is 29.7. The van der Waals surface area contributed by atoms with E-state index in [1.165, 1.54) is 4.90 Å². The lowest BCUT2D eigenvalue weighted by Gasteiger charge is -2.40. The van der Waals surface area contributed by atoms with Crippen LogP contribution in [0, 0.1) is 16.7 Å². The number of carbonyl (C=O) groups is 3. The summed E-state index contributed by atoms with van der Waals surface area (Å²) < 4.78 is 17.2. The highest BCUT2D eigenvalue weighted by Crippen LogP contribution is 2.41. The minimum atomic E-state index is -0.775. The van der Waals surface area contributed by atoms with Gasteiger partial charge in [-0.15, -0.1) is 0 Å². The topological polar surface area (TPSA) is 94.2 Å². The zero-order valence-corrected chi connectivity index (χ0v) is 26.4. The van der Waals surface area contributed by atoms with Gasteiger partial charge in [-0.2, -0.15) is 0 Å². The van der Waals surface area contributed by atoms with Gasteiger partial charge >= 0.3 is 0 Å². The molecule has 0 radical (unpaired) electrons. The Labute approximate surface area is 231 Å². The van der Waals surface area contributed by atoms with E-state index in [4.69, 9.17) is 14.2 Å². The Morgan fingerprint density at radius 3 is 2.08 bits per heavy atom. The largest absolute Gasteiger partial charge is 0.379 e. The second kappa shape index (κ2) is 13.2. The first-order valence-corrected chi connectivity index (χ1v) is 14.1. The summed E-state index contributed by atoms with van der Waals surface area (Å²) in [6.07, 6.45) is 2.03. The second-order valence-electron chi connectivity index (χ2n) is 14.2. The third kappa shape index (κ3) is 10.2. The van der Waals surface area contributed by atoms with Crippen LogP contribution in [0.25, 0.3) is 0 Å². The summed E-state index contributed by atoms with van der Waals surface area (Å²) in [5.41, 5.74) is -2.15. The van der Waals surface area contributed by atoms with Gasteiger partial charge in [-0.3, -0.25) is 19.3 Å². The molecule has 0 spiro atoms. The van der Waals surface area contributed by atoms with Crippen molar-refractivity contribution in [2.24, 2.45) is 16.7 Å². The van der Waals surface area contributed by atoms with E-state index in [0.29, 0.717) is 26.1 Å². The molecule has 0 saturated carbocycles. The Morgan fingerprint density at radius 1 is 1.00 bits per heavy atom. The van der Waals surface area contributed by atoms with Gasteiger partial charge in [-0.1, -0.05) is 34.6 Å². The average molecular weight is 541 g/mol. The maximum absolute atomic E-state index is 13.3. The zero-order valence-electron chi connectivity index (χ0n) is 26.4. The van der Waals surface area contributed by atoms with E-state index in [1.807, 2.05) is 83.1 Å². The van der Waals surface area contributed by atoms with Crippen molar-refractivity contribution in [3.8, 4) is 0 Å². The summed E-state index contributed by atoms with van der Waals surface area (Å²) in [5.74, 6) is -0.723. The fourth-order valence-electron chi connectivity index (χ4n) is 5.22. The molecule has 0 aromatic heterocycles. The van der Waals surface area contributed by atoms with Crippen LogP contribution < -0.4 is 5.32 Å². The van der Waals surface area contributed by atoms with Crippen LogP contribution in [0.3, 0.4) is 0 Å². The van der Waals surface area contributed by atoms with Crippen LogP contribution in [0.2, 0.25) is 0 Å². The number of nitrogens with one attached hydrogen (secondary N) is 1. The number of carbonyl (C=O) groups excluding carboxylic acids is 3. The highest BCUT2D eigenvalue weighted by atomic mass is 16.5. The number of methoxy groups -OCH3 is 1. The number of hydrogen-bond acceptors (Lipinski definition) is 6. The Morgan fingerprint density at radius 2 is 1.58 bits per heavy atom. The molecule has 3 amide bonds. The van der Waals surface area contributed by atoms with E-state index in [1.54, 1.807) is 7.11 Å². The molecule has 1 fully saturated rings. The normalized spacial score (nSPS) is 20.0. The van der Waals surface area contributed by atoms with Gasteiger partial charge in [0.2, 0.25) is 17.7 Å². The molecule has 38 heavy (non-hydrogen) atoms. The molecule has 1 heterocycles. The molecular formula is C30H56N2O6. The van der Waals surface area contributed by atoms with Crippen LogP contribution in [-0.2, 0) is 28.6 Å². The minimum absolute atomic E-state index is 0.0345. The molecule has 0 bridgehead atoms. The van der Waals surface area contributed by atoms with Crippen molar-refractivity contribution in [1.29, 1.82) is 0 Å². The standard InChI is InChI=1S/C30H56N2O6/c1-20(16-21(2)37-15-14-30(11,12)38-18-22(3)36-13)31-26(35)28(7,8)19-29(9,10)32-24(33)17-23(25(32)34)27(4,5)6/h20-23H,14-19H2,1-13H3,(H,31,35). The molecule has 4 unspecified atom stereocenters. The molecule has 1 rings (SSSR count). The van der Waals surface area contributed by atoms with Gasteiger partial charge in [0.05, 0.1) is 30.3 Å². The van der Waals surface area contributed by atoms with Gasteiger partial charge in [0.1, 0.15) is 0 Å². The summed E-state index contributed by atoms with van der Waals surface area (Å²) in [6.45, 7) is 24.6. The summed E-state index contributed by atoms with van der Waals surface area (Å²) in [4.78, 5) is 40.7. The smallest absolute Gasteiger partial charge is 0.233 e. The second-order valence-corrected chi connectivity index (χ2v) is 14.2. The fraction of sp³-hybridized carbons (Fsp3) is 0.900. The van der Waals surface area contributed by atoms with Crippen molar-refractivity contribution in [1.82, 2.24) is 10.2 Å². The Balaban J connectivity index is 2.62. The van der Waals surface area contributed by atoms with Crippen molar-refractivity contribution < 1.29 is 28.6 Å². The Bertz CT molecular complexity index is 814. The average Bonchev–Trinajstić information content (AvgIpc) is 3.06. The SMILES string of the molecule is COC(C)COC(C)(C)CCOC(C)CC(C)NC(=O)C(C)(C)CC(C)(C)N1C(=O)CC(C(C)(C)C)C1=O. The molecule has 8 heteroatoms. The predicted molar refractivity (Wildman–Crippen MR) is 151 cm³/mol. The number of nitrogens with zero attached hydrogens (tertiary/aromatic N) is 1. The lowest BCUT2D eigenvalue weighted by molar-refractivity contribution is -0.149. The van der Waals surface area contributed by atoms with Gasteiger partial charge in [-0.25, -0.2) is 0 Å². The minimum Gasteiger partial charge on any atom is -0.379 e. The number of hydrogen-bond donors (Lipinski definition) is 1. The maximum Gasteiger partial charge on any atom is 0.233 e. The third-order valence-electron chi connectivity index (χ3n) is 7.57. The molecule has 0 aromatic carbocycles. The summed E-state index contributed by atoms with van der Waals surface area (Å²) in [6, 6.07) is -0.0907. The molecule has 4 atom stereocenters. The first-order valence-electron chi connectivity index (χ1n) is 14.1. The van der Waals surface area contributed by atoms with Gasteiger partial charge < -0.3 is 19.5 Å². The van der Waals surface area contributed by atoms with Gasteiger partial charge in [-0.05, 0) is 73.1 Å². The fourth-order valence-corrected chi connectivity index (χ4v) is 5.22. The van der Waals surface area contributed by atoms with Crippen LogP contribution in [0.1, 0.15) is 109 Å². The van der Waals surface area contributed by atoms with E-state index < -0.39 is 11.0 Å². The van der Waals surface area contributed by atoms with Crippen molar-refractivity contribution in [2.45, 2.75) is 138 Å². The molecule has 222 valence electrons. The van der Waals surface area contributed by atoms with Gasteiger partial charge in [0, 0.05) is 37.1 Å². The van der Waals surface area contributed by atoms with Crippen LogP contribution in [0.5, 0.6) is 0 Å². The van der Waals surface area contributed by atoms with Crippen molar-refractivity contribution in [2.75, 3.05) is 20.3 Å². The van der Waals surface area contributed by atoms with E-state index in [9.17, 15) is 14.4 Å². The van der Waals surface area contributed by atoms with Crippen molar-refractivity contribution in [3.63, 3.8) is 0 Å². The molecule has 1 aliphatic heterocycles. The number of imide groups is 1. The van der Waals surface area contributed by atoms with Crippen LogP contribution in [0.4, 0.5) is 0 Å². The predicted octanol–water partition coefficient (Wildman–Crippen LogP) is 5.12. The number of amides is 3. The molecule has 8 nitrogen and oxygen atoms in total. The van der Waals surface area contributed by atoms with Crippen molar-refractivity contribution in [3.05, 3.63) is 0 Å². The Kier molecular flexibility index (Phi) is 12.0. The highest BCUT2D eigenvalue weighted by molar-refractivity contribution is 6.04. The third-order valence-corrected chi connectivity index (χ3v) is 7.57. The number of rotatable bonds is 15. The Hall–Kier alpha value is -1.51. The lowest BCUT2D eigenvalue weighted by atomic mass is 9.77. The first-order chi connectivity index (χ1) is 17.1. The van der Waals surface area contributed by atoms with Crippen molar-refractivity contribution >= 4 is 17.7 Å². The highest BCUT2D eigenvalue weighted by Gasteiger charge is 2.51. The number of ether oxygens (including phenoxy) is 3. The van der Waals surface area contributed by atoms with Crippen LogP contribution in [-0.4, -0.2) is 72.3 Å². The van der Waals surface area contributed by atoms with E-state index in [0.717, 1.165) is 6.42 Å². The first kappa shape index (κ1) is 34.5. The van der Waals surface area contributed by atoms with E-state index in [2.05, 4.69) is 5.32 Å². The summed E-state index contributed by atoms with van der Waals surface area (Å²) >= 11 is 0.